The third-order valence-electron chi connectivity index (χ3n) is 1.94. The molecule has 0 atom stereocenters. The molecule has 1 aromatic carbocycles. The quantitative estimate of drug-likeness (QED) is 0.747. The molecule has 0 unspecified atom stereocenters. The number of hydrogen-bond donors (Lipinski definition) is 1. The predicted molar refractivity (Wildman–Crippen MR) is 57.7 cm³/mol. The van der Waals surface area contributed by atoms with Crippen LogP contribution >= 0.6 is 0 Å². The molecule has 0 fully saturated rings. The number of hydrogen-bond acceptors (Lipinski definition) is 4. The smallest absolute Gasteiger partial charge is 0.255 e. The van der Waals surface area contributed by atoms with Crippen molar-refractivity contribution in [1.82, 2.24) is 0 Å². The SMILES string of the molecule is COc1cc(C(C)=O)ccc1OCC(N)=O. The summed E-state index contributed by atoms with van der Waals surface area (Å²) in [6.45, 7) is 1.23. The molecule has 0 aliphatic heterocycles. The third kappa shape index (κ3) is 2.98. The molecule has 0 bridgehead atoms. The molecule has 0 heterocycles. The predicted octanol–water partition coefficient (Wildman–Crippen LogP) is 0.762. The molecule has 0 aromatic heterocycles. The number of Topliss-reactive ketones (excluding diaryl/α,β-unsaturated/α-hetero) is 1. The van der Waals surface area contributed by atoms with Gasteiger partial charge in [0.15, 0.2) is 23.9 Å². The number of benzene rings is 1. The zero-order valence-electron chi connectivity index (χ0n) is 9.15. The van der Waals surface area contributed by atoms with Crippen molar-refractivity contribution in [3.05, 3.63) is 23.8 Å². The second-order valence-electron chi connectivity index (χ2n) is 3.18. The van der Waals surface area contributed by atoms with E-state index in [4.69, 9.17) is 15.2 Å². The summed E-state index contributed by atoms with van der Waals surface area (Å²) < 4.78 is 10.2. The summed E-state index contributed by atoms with van der Waals surface area (Å²) in [5.74, 6) is 0.137. The molecule has 0 aliphatic rings. The summed E-state index contributed by atoms with van der Waals surface area (Å²) in [6, 6.07) is 4.72. The van der Waals surface area contributed by atoms with Gasteiger partial charge in [-0.15, -0.1) is 0 Å². The van der Waals surface area contributed by atoms with Crippen LogP contribution in [-0.4, -0.2) is 25.4 Å². The molecular weight excluding hydrogens is 210 g/mol. The Morgan fingerprint density at radius 1 is 1.31 bits per heavy atom. The van der Waals surface area contributed by atoms with Crippen LogP contribution in [0.5, 0.6) is 11.5 Å². The van der Waals surface area contributed by atoms with E-state index in [0.717, 1.165) is 0 Å². The van der Waals surface area contributed by atoms with Gasteiger partial charge in [0.05, 0.1) is 7.11 Å². The van der Waals surface area contributed by atoms with Gasteiger partial charge in [-0.3, -0.25) is 9.59 Å². The molecule has 0 spiro atoms. The molecule has 0 aliphatic carbocycles. The second-order valence-corrected chi connectivity index (χ2v) is 3.18. The number of ketones is 1. The van der Waals surface area contributed by atoms with E-state index < -0.39 is 5.91 Å². The van der Waals surface area contributed by atoms with E-state index in [2.05, 4.69) is 0 Å². The Kier molecular flexibility index (Phi) is 3.88. The highest BCUT2D eigenvalue weighted by Gasteiger charge is 2.08. The van der Waals surface area contributed by atoms with Crippen molar-refractivity contribution in [2.45, 2.75) is 6.92 Å². The fraction of sp³-hybridized carbons (Fsp3) is 0.273. The Labute approximate surface area is 93.1 Å². The van der Waals surface area contributed by atoms with Gasteiger partial charge >= 0.3 is 0 Å². The average molecular weight is 223 g/mol. The summed E-state index contributed by atoms with van der Waals surface area (Å²) >= 11 is 0. The van der Waals surface area contributed by atoms with Crippen molar-refractivity contribution < 1.29 is 19.1 Å². The molecule has 0 saturated carbocycles. The van der Waals surface area contributed by atoms with Gasteiger partial charge in [-0.2, -0.15) is 0 Å². The lowest BCUT2D eigenvalue weighted by molar-refractivity contribution is -0.119. The summed E-state index contributed by atoms with van der Waals surface area (Å²) in [7, 11) is 1.45. The van der Waals surface area contributed by atoms with Gasteiger partial charge in [0, 0.05) is 5.56 Å². The molecule has 2 N–H and O–H groups in total. The maximum Gasteiger partial charge on any atom is 0.255 e. The number of primary amides is 1. The lowest BCUT2D eigenvalue weighted by Crippen LogP contribution is -2.20. The van der Waals surface area contributed by atoms with E-state index >= 15 is 0 Å². The van der Waals surface area contributed by atoms with E-state index in [-0.39, 0.29) is 12.4 Å². The number of rotatable bonds is 5. The number of amides is 1. The van der Waals surface area contributed by atoms with Crippen molar-refractivity contribution in [2.24, 2.45) is 5.73 Å². The van der Waals surface area contributed by atoms with Crippen molar-refractivity contribution in [3.8, 4) is 11.5 Å². The van der Waals surface area contributed by atoms with Crippen LogP contribution in [0.4, 0.5) is 0 Å². The molecule has 16 heavy (non-hydrogen) atoms. The number of ether oxygens (including phenoxy) is 2. The highest BCUT2D eigenvalue weighted by Crippen LogP contribution is 2.28. The maximum absolute atomic E-state index is 11.1. The van der Waals surface area contributed by atoms with Gasteiger partial charge in [-0.25, -0.2) is 0 Å². The van der Waals surface area contributed by atoms with Crippen LogP contribution in [-0.2, 0) is 4.79 Å². The Morgan fingerprint density at radius 3 is 2.50 bits per heavy atom. The molecule has 0 radical (unpaired) electrons. The second kappa shape index (κ2) is 5.16. The summed E-state index contributed by atoms with van der Waals surface area (Å²) in [5.41, 5.74) is 5.47. The van der Waals surface area contributed by atoms with Crippen molar-refractivity contribution in [2.75, 3.05) is 13.7 Å². The first-order valence-corrected chi connectivity index (χ1v) is 4.64. The van der Waals surface area contributed by atoms with Crippen LogP contribution in [0.15, 0.2) is 18.2 Å². The Hall–Kier alpha value is -2.04. The molecule has 1 aromatic rings. The third-order valence-corrected chi connectivity index (χ3v) is 1.94. The lowest BCUT2D eigenvalue weighted by atomic mass is 10.1. The molecule has 1 amide bonds. The molecule has 0 saturated heterocycles. The van der Waals surface area contributed by atoms with Gasteiger partial charge < -0.3 is 15.2 Å². The minimum atomic E-state index is -0.572. The van der Waals surface area contributed by atoms with Gasteiger partial charge in [-0.1, -0.05) is 0 Å². The van der Waals surface area contributed by atoms with E-state index in [1.165, 1.54) is 14.0 Å². The number of methoxy groups -OCH3 is 1. The van der Waals surface area contributed by atoms with Crippen LogP contribution in [0.3, 0.4) is 0 Å². The van der Waals surface area contributed by atoms with Crippen molar-refractivity contribution in [1.29, 1.82) is 0 Å². The number of carbonyl (C=O) groups excluding carboxylic acids is 2. The maximum atomic E-state index is 11.1. The molecule has 5 heteroatoms. The fourth-order valence-corrected chi connectivity index (χ4v) is 1.15. The van der Waals surface area contributed by atoms with Gasteiger partial charge in [0.1, 0.15) is 0 Å². The molecule has 5 nitrogen and oxygen atoms in total. The first-order valence-electron chi connectivity index (χ1n) is 4.64. The van der Waals surface area contributed by atoms with E-state index in [1.807, 2.05) is 0 Å². The minimum Gasteiger partial charge on any atom is -0.493 e. The number of carbonyl (C=O) groups is 2. The Bertz CT molecular complexity index is 414. The number of nitrogens with two attached hydrogens (primary N) is 1. The fourth-order valence-electron chi connectivity index (χ4n) is 1.15. The van der Waals surface area contributed by atoms with Crippen LogP contribution in [0.2, 0.25) is 0 Å². The summed E-state index contributed by atoms with van der Waals surface area (Å²) in [6.07, 6.45) is 0. The van der Waals surface area contributed by atoms with E-state index in [1.54, 1.807) is 18.2 Å². The lowest BCUT2D eigenvalue weighted by Gasteiger charge is -2.10. The molecule has 86 valence electrons. The molecular formula is C11H13NO4. The van der Waals surface area contributed by atoms with Gasteiger partial charge in [0.2, 0.25) is 0 Å². The summed E-state index contributed by atoms with van der Waals surface area (Å²) in [5, 5.41) is 0. The Morgan fingerprint density at radius 2 is 2.00 bits per heavy atom. The van der Waals surface area contributed by atoms with Crippen molar-refractivity contribution >= 4 is 11.7 Å². The highest BCUT2D eigenvalue weighted by atomic mass is 16.5. The normalized spacial score (nSPS) is 9.62. The summed E-state index contributed by atoms with van der Waals surface area (Å²) in [4.78, 5) is 21.7. The van der Waals surface area contributed by atoms with Crippen LogP contribution in [0, 0.1) is 0 Å². The molecule has 1 rings (SSSR count). The first kappa shape index (κ1) is 12.0. The zero-order valence-corrected chi connectivity index (χ0v) is 9.15. The minimum absolute atomic E-state index is 0.0697. The average Bonchev–Trinajstić information content (AvgIpc) is 2.25. The van der Waals surface area contributed by atoms with Crippen molar-refractivity contribution in [3.63, 3.8) is 0 Å². The van der Waals surface area contributed by atoms with Crippen LogP contribution in [0.1, 0.15) is 17.3 Å². The Balaban J connectivity index is 2.93. The highest BCUT2D eigenvalue weighted by molar-refractivity contribution is 5.94. The first-order chi connectivity index (χ1) is 7.54. The topological polar surface area (TPSA) is 78.6 Å². The van der Waals surface area contributed by atoms with Gasteiger partial charge in [0.25, 0.3) is 5.91 Å². The van der Waals surface area contributed by atoms with Gasteiger partial charge in [-0.05, 0) is 25.1 Å². The van der Waals surface area contributed by atoms with E-state index in [0.29, 0.717) is 17.1 Å². The largest absolute Gasteiger partial charge is 0.493 e. The van der Waals surface area contributed by atoms with E-state index in [9.17, 15) is 9.59 Å². The zero-order chi connectivity index (χ0) is 12.1. The van der Waals surface area contributed by atoms with Crippen LogP contribution in [0.25, 0.3) is 0 Å². The standard InChI is InChI=1S/C11H13NO4/c1-7(13)8-3-4-9(10(5-8)15-2)16-6-11(12)14/h3-5H,6H2,1-2H3,(H2,12,14). The monoisotopic (exact) mass is 223 g/mol. The van der Waals surface area contributed by atoms with Crippen LogP contribution < -0.4 is 15.2 Å².